The van der Waals surface area contributed by atoms with Crippen LogP contribution in [-0.4, -0.2) is 59.8 Å². The third-order valence-corrected chi connectivity index (χ3v) is 4.93. The number of thioether (sulfide) groups is 1. The lowest BCUT2D eigenvalue weighted by Gasteiger charge is -2.48. The van der Waals surface area contributed by atoms with Gasteiger partial charge in [-0.1, -0.05) is 0 Å². The van der Waals surface area contributed by atoms with Gasteiger partial charge in [0.1, 0.15) is 22.7 Å². The summed E-state index contributed by atoms with van der Waals surface area (Å²) in [7, 11) is 0. The molecule has 2 atom stereocenters. The molecule has 0 bridgehead atoms. The number of aromatic nitrogens is 4. The van der Waals surface area contributed by atoms with Gasteiger partial charge in [-0.25, -0.2) is 4.79 Å². The van der Waals surface area contributed by atoms with Gasteiger partial charge in [0.05, 0.1) is 6.54 Å². The second kappa shape index (κ2) is 5.85. The number of nitrogens with zero attached hydrogens (tertiary/aromatic N) is 5. The molecule has 9 nitrogen and oxygen atoms in total. The largest absolute Gasteiger partial charge is 0.455 e. The minimum absolute atomic E-state index is 0.228. The molecule has 3 heterocycles. The van der Waals surface area contributed by atoms with Gasteiger partial charge < -0.3 is 10.5 Å². The molecule has 24 heavy (non-hydrogen) atoms. The molecule has 130 valence electrons. The number of carbonyl (C=O) groups excluding carboxylic acids is 2. The van der Waals surface area contributed by atoms with Crippen LogP contribution in [0.2, 0.25) is 0 Å². The Morgan fingerprint density at radius 3 is 2.75 bits per heavy atom. The molecule has 1 fully saturated rings. The van der Waals surface area contributed by atoms with Gasteiger partial charge in [-0.2, -0.15) is 4.80 Å². The first-order valence-electron chi connectivity index (χ1n) is 7.57. The number of amides is 1. The highest BCUT2D eigenvalue weighted by Crippen LogP contribution is 2.40. The van der Waals surface area contributed by atoms with E-state index < -0.39 is 17.6 Å². The van der Waals surface area contributed by atoms with Gasteiger partial charge in [-0.05, 0) is 38.5 Å². The Balaban J connectivity index is 1.95. The van der Waals surface area contributed by atoms with Gasteiger partial charge >= 0.3 is 5.97 Å². The standard InChI is InChI=1S/C14H20N6O3S/c1-7-16-18-19(17-7)5-8-6-24-12-9(15)11(21)20(12)10(8)13(22)23-14(2,3)4/h9,12H,5-6,15H2,1-4H3/t9?,12-/m0/s1. The third-order valence-electron chi connectivity index (χ3n) is 3.57. The van der Waals surface area contributed by atoms with Crippen LogP contribution in [-0.2, 0) is 20.9 Å². The molecule has 2 aliphatic heterocycles. The van der Waals surface area contributed by atoms with Crippen molar-refractivity contribution in [3.8, 4) is 0 Å². The molecule has 10 heteroatoms. The van der Waals surface area contributed by atoms with E-state index in [-0.39, 0.29) is 23.5 Å². The predicted molar refractivity (Wildman–Crippen MR) is 86.5 cm³/mol. The summed E-state index contributed by atoms with van der Waals surface area (Å²) in [5, 5.41) is 11.7. The van der Waals surface area contributed by atoms with Crippen molar-refractivity contribution in [2.24, 2.45) is 5.73 Å². The number of ether oxygens (including phenoxy) is 1. The van der Waals surface area contributed by atoms with E-state index in [1.807, 2.05) is 0 Å². The van der Waals surface area contributed by atoms with E-state index in [2.05, 4.69) is 15.4 Å². The van der Waals surface area contributed by atoms with Crippen molar-refractivity contribution in [3.05, 3.63) is 17.1 Å². The number of fused-ring (bicyclic) bond motifs is 1. The number of carbonyl (C=O) groups is 2. The molecule has 0 aliphatic carbocycles. The summed E-state index contributed by atoms with van der Waals surface area (Å²) in [6.45, 7) is 7.36. The minimum atomic E-state index is -0.659. The molecular formula is C14H20N6O3S. The molecule has 2 N–H and O–H groups in total. The Morgan fingerprint density at radius 1 is 1.46 bits per heavy atom. The van der Waals surface area contributed by atoms with E-state index in [1.54, 1.807) is 27.7 Å². The summed E-state index contributed by atoms with van der Waals surface area (Å²) in [5.74, 6) is 0.295. The molecular weight excluding hydrogens is 332 g/mol. The summed E-state index contributed by atoms with van der Waals surface area (Å²) in [4.78, 5) is 27.7. The Hall–Kier alpha value is -1.94. The fourth-order valence-corrected chi connectivity index (χ4v) is 3.86. The van der Waals surface area contributed by atoms with Crippen LogP contribution in [0.25, 0.3) is 0 Å². The molecule has 0 saturated carbocycles. The van der Waals surface area contributed by atoms with Gasteiger partial charge in [0.15, 0.2) is 5.82 Å². The van der Waals surface area contributed by atoms with Gasteiger partial charge in [-0.3, -0.25) is 9.69 Å². The zero-order valence-electron chi connectivity index (χ0n) is 14.0. The first-order chi connectivity index (χ1) is 11.2. The number of hydrogen-bond acceptors (Lipinski definition) is 8. The first-order valence-corrected chi connectivity index (χ1v) is 8.62. The van der Waals surface area contributed by atoms with E-state index in [0.717, 1.165) is 5.57 Å². The second-order valence-electron chi connectivity index (χ2n) is 6.76. The fourth-order valence-electron chi connectivity index (χ4n) is 2.58. The average Bonchev–Trinajstić information content (AvgIpc) is 2.89. The summed E-state index contributed by atoms with van der Waals surface area (Å²) in [6.07, 6.45) is 0. The number of rotatable bonds is 3. The molecule has 1 unspecified atom stereocenters. The molecule has 0 spiro atoms. The number of β-lactam (4-membered cyclic amide) rings is 1. The Morgan fingerprint density at radius 2 is 2.17 bits per heavy atom. The fraction of sp³-hybridized carbons (Fsp3) is 0.643. The molecule has 0 aromatic carbocycles. The quantitative estimate of drug-likeness (QED) is 0.588. The Kier molecular flexibility index (Phi) is 4.12. The maximum atomic E-state index is 12.7. The van der Waals surface area contributed by atoms with Gasteiger partial charge in [-0.15, -0.1) is 22.0 Å². The zero-order chi connectivity index (χ0) is 17.6. The highest BCUT2D eigenvalue weighted by molar-refractivity contribution is 8.00. The number of nitrogens with two attached hydrogens (primary N) is 1. The minimum Gasteiger partial charge on any atom is -0.455 e. The monoisotopic (exact) mass is 352 g/mol. The number of aryl methyl sites for hydroxylation is 1. The molecule has 1 saturated heterocycles. The van der Waals surface area contributed by atoms with Crippen molar-refractivity contribution in [1.29, 1.82) is 0 Å². The third kappa shape index (κ3) is 3.03. The van der Waals surface area contributed by atoms with Crippen LogP contribution in [0.3, 0.4) is 0 Å². The lowest BCUT2D eigenvalue weighted by atomic mass is 10.0. The lowest BCUT2D eigenvalue weighted by Crippen LogP contribution is -2.68. The molecule has 1 aromatic rings. The van der Waals surface area contributed by atoms with Gasteiger partial charge in [0, 0.05) is 5.75 Å². The van der Waals surface area contributed by atoms with Crippen LogP contribution in [0.5, 0.6) is 0 Å². The van der Waals surface area contributed by atoms with E-state index in [0.29, 0.717) is 11.6 Å². The van der Waals surface area contributed by atoms with Crippen molar-refractivity contribution >= 4 is 23.6 Å². The number of hydrogen-bond donors (Lipinski definition) is 1. The van der Waals surface area contributed by atoms with Crippen LogP contribution in [0.15, 0.2) is 11.3 Å². The average molecular weight is 352 g/mol. The SMILES string of the molecule is Cc1nnn(CC2=C(C(=O)OC(C)(C)C)N3C(=O)C(N)[C@@H]3SC2)n1. The highest BCUT2D eigenvalue weighted by Gasteiger charge is 2.52. The first kappa shape index (κ1) is 16.9. The van der Waals surface area contributed by atoms with Crippen molar-refractivity contribution in [1.82, 2.24) is 25.1 Å². The van der Waals surface area contributed by atoms with Crippen LogP contribution in [0.4, 0.5) is 0 Å². The van der Waals surface area contributed by atoms with Crippen molar-refractivity contribution in [2.45, 2.75) is 51.3 Å². The normalized spacial score (nSPS) is 23.9. The zero-order valence-corrected chi connectivity index (χ0v) is 14.8. The number of tetrazole rings is 1. The van der Waals surface area contributed by atoms with Crippen molar-refractivity contribution < 1.29 is 14.3 Å². The molecule has 1 aromatic heterocycles. The lowest BCUT2D eigenvalue weighted by molar-refractivity contribution is -0.158. The Bertz CT molecular complexity index is 722. The Labute approximate surface area is 143 Å². The van der Waals surface area contributed by atoms with Crippen LogP contribution < -0.4 is 5.73 Å². The summed E-state index contributed by atoms with van der Waals surface area (Å²) >= 11 is 1.52. The van der Waals surface area contributed by atoms with Crippen LogP contribution >= 0.6 is 11.8 Å². The topological polar surface area (TPSA) is 116 Å². The summed E-state index contributed by atoms with van der Waals surface area (Å²) < 4.78 is 5.48. The van der Waals surface area contributed by atoms with Crippen molar-refractivity contribution in [3.63, 3.8) is 0 Å². The van der Waals surface area contributed by atoms with E-state index in [9.17, 15) is 9.59 Å². The number of esters is 1. The predicted octanol–water partition coefficient (Wildman–Crippen LogP) is -0.180. The van der Waals surface area contributed by atoms with Crippen LogP contribution in [0, 0.1) is 6.92 Å². The van der Waals surface area contributed by atoms with Gasteiger partial charge in [0.25, 0.3) is 0 Å². The highest BCUT2D eigenvalue weighted by atomic mass is 32.2. The summed E-state index contributed by atoms with van der Waals surface area (Å²) in [5.41, 5.74) is 6.17. The maximum Gasteiger partial charge on any atom is 0.355 e. The van der Waals surface area contributed by atoms with Crippen LogP contribution in [0.1, 0.15) is 26.6 Å². The van der Waals surface area contributed by atoms with Gasteiger partial charge in [0.2, 0.25) is 5.91 Å². The van der Waals surface area contributed by atoms with Crippen molar-refractivity contribution in [2.75, 3.05) is 5.75 Å². The molecule has 3 rings (SSSR count). The molecule has 1 amide bonds. The maximum absolute atomic E-state index is 12.7. The van der Waals surface area contributed by atoms with E-state index in [1.165, 1.54) is 21.5 Å². The smallest absolute Gasteiger partial charge is 0.355 e. The summed E-state index contributed by atoms with van der Waals surface area (Å²) in [6, 6.07) is -0.583. The second-order valence-corrected chi connectivity index (χ2v) is 7.86. The molecule has 0 radical (unpaired) electrons. The van der Waals surface area contributed by atoms with E-state index in [4.69, 9.17) is 10.5 Å². The molecule has 2 aliphatic rings. The van der Waals surface area contributed by atoms with E-state index >= 15 is 0 Å².